The van der Waals surface area contributed by atoms with Crippen LogP contribution >= 0.6 is 0 Å². The molecular formula is C16H18N2O2. The van der Waals surface area contributed by atoms with Gasteiger partial charge < -0.3 is 10.1 Å². The van der Waals surface area contributed by atoms with Crippen molar-refractivity contribution in [2.24, 2.45) is 0 Å². The maximum Gasteiger partial charge on any atom is 0.252 e. The van der Waals surface area contributed by atoms with E-state index in [2.05, 4.69) is 10.3 Å². The molecule has 0 radical (unpaired) electrons. The zero-order valence-corrected chi connectivity index (χ0v) is 11.7. The Morgan fingerprint density at radius 3 is 2.85 bits per heavy atom. The molecule has 0 atom stereocenters. The highest BCUT2D eigenvalue weighted by Gasteiger charge is 2.05. The number of rotatable bonds is 5. The molecule has 4 nitrogen and oxygen atoms in total. The molecule has 0 aliphatic heterocycles. The normalized spacial score (nSPS) is 10.1. The van der Waals surface area contributed by atoms with Gasteiger partial charge in [-0.2, -0.15) is 0 Å². The molecule has 0 fully saturated rings. The number of hydrogen-bond donors (Lipinski definition) is 1. The summed E-state index contributed by atoms with van der Waals surface area (Å²) >= 11 is 0. The highest BCUT2D eigenvalue weighted by atomic mass is 16.5. The Kier molecular flexibility index (Phi) is 4.71. The Bertz CT molecular complexity index is 582. The summed E-state index contributed by atoms with van der Waals surface area (Å²) in [6.07, 6.45) is 3.18. The molecule has 4 heteroatoms. The Morgan fingerprint density at radius 2 is 2.10 bits per heavy atom. The van der Waals surface area contributed by atoms with Crippen LogP contribution in [-0.2, 0) is 0 Å². The first-order chi connectivity index (χ1) is 9.68. The molecule has 0 saturated heterocycles. The van der Waals surface area contributed by atoms with Gasteiger partial charge in [0, 0.05) is 12.4 Å². The first kappa shape index (κ1) is 14.1. The molecule has 0 spiro atoms. The molecule has 1 aromatic heterocycles. The highest BCUT2D eigenvalue weighted by Crippen LogP contribution is 2.20. The number of benzene rings is 1. The molecule has 0 unspecified atom stereocenters. The lowest BCUT2D eigenvalue weighted by Crippen LogP contribution is -2.28. The van der Waals surface area contributed by atoms with Gasteiger partial charge in [-0.1, -0.05) is 12.1 Å². The Hall–Kier alpha value is -2.36. The third-order valence-corrected chi connectivity index (χ3v) is 3.12. The number of hydrogen-bond acceptors (Lipinski definition) is 3. The number of carbonyl (C=O) groups is 1. The predicted molar refractivity (Wildman–Crippen MR) is 78.0 cm³/mol. The standard InChI is InChI=1S/C16H18N2O2/c1-12-5-3-7-15(13(12)2)20-10-9-18-16(19)14-6-4-8-17-11-14/h3-8,11H,9-10H2,1-2H3,(H,18,19). The number of amides is 1. The van der Waals surface area contributed by atoms with Gasteiger partial charge >= 0.3 is 0 Å². The maximum atomic E-state index is 11.8. The van der Waals surface area contributed by atoms with E-state index in [-0.39, 0.29) is 5.91 Å². The molecule has 104 valence electrons. The second-order valence-electron chi connectivity index (χ2n) is 4.54. The number of nitrogens with zero attached hydrogens (tertiary/aromatic N) is 1. The van der Waals surface area contributed by atoms with Crippen molar-refractivity contribution in [1.29, 1.82) is 0 Å². The van der Waals surface area contributed by atoms with Crippen LogP contribution in [0, 0.1) is 13.8 Å². The molecule has 1 heterocycles. The van der Waals surface area contributed by atoms with Crippen molar-refractivity contribution in [2.75, 3.05) is 13.2 Å². The lowest BCUT2D eigenvalue weighted by Gasteiger charge is -2.11. The quantitative estimate of drug-likeness (QED) is 0.849. The summed E-state index contributed by atoms with van der Waals surface area (Å²) in [6.45, 7) is 4.97. The maximum absolute atomic E-state index is 11.8. The van der Waals surface area contributed by atoms with E-state index in [1.807, 2.05) is 32.0 Å². The van der Waals surface area contributed by atoms with Gasteiger partial charge in [0.2, 0.25) is 0 Å². The smallest absolute Gasteiger partial charge is 0.252 e. The second kappa shape index (κ2) is 6.70. The summed E-state index contributed by atoms with van der Waals surface area (Å²) < 4.78 is 5.67. The molecule has 1 N–H and O–H groups in total. The topological polar surface area (TPSA) is 51.2 Å². The minimum Gasteiger partial charge on any atom is -0.491 e. The van der Waals surface area contributed by atoms with E-state index >= 15 is 0 Å². The van der Waals surface area contributed by atoms with Crippen LogP contribution in [0.2, 0.25) is 0 Å². The van der Waals surface area contributed by atoms with E-state index in [4.69, 9.17) is 4.74 Å². The van der Waals surface area contributed by atoms with Crippen LogP contribution in [0.1, 0.15) is 21.5 Å². The molecule has 0 aliphatic carbocycles. The first-order valence-corrected chi connectivity index (χ1v) is 6.55. The average Bonchev–Trinajstić information content (AvgIpc) is 2.48. The summed E-state index contributed by atoms with van der Waals surface area (Å²) in [5, 5.41) is 2.80. The first-order valence-electron chi connectivity index (χ1n) is 6.55. The van der Waals surface area contributed by atoms with Crippen LogP contribution in [0.15, 0.2) is 42.7 Å². The zero-order valence-electron chi connectivity index (χ0n) is 11.7. The number of ether oxygens (including phenoxy) is 1. The third-order valence-electron chi connectivity index (χ3n) is 3.12. The van der Waals surface area contributed by atoms with Crippen molar-refractivity contribution >= 4 is 5.91 Å². The lowest BCUT2D eigenvalue weighted by molar-refractivity contribution is 0.0946. The van der Waals surface area contributed by atoms with Gasteiger partial charge in [-0.3, -0.25) is 9.78 Å². The SMILES string of the molecule is Cc1cccc(OCCNC(=O)c2cccnc2)c1C. The van der Waals surface area contributed by atoms with Crippen LogP contribution in [0.3, 0.4) is 0 Å². The fourth-order valence-corrected chi connectivity index (χ4v) is 1.81. The fourth-order valence-electron chi connectivity index (χ4n) is 1.81. The van der Waals surface area contributed by atoms with Gasteiger partial charge in [-0.15, -0.1) is 0 Å². The van der Waals surface area contributed by atoms with E-state index < -0.39 is 0 Å². The molecular weight excluding hydrogens is 252 g/mol. The van der Waals surface area contributed by atoms with Crippen molar-refractivity contribution in [2.45, 2.75) is 13.8 Å². The molecule has 1 amide bonds. The van der Waals surface area contributed by atoms with Gasteiger partial charge in [-0.25, -0.2) is 0 Å². The third kappa shape index (κ3) is 3.57. The van der Waals surface area contributed by atoms with Crippen molar-refractivity contribution in [3.8, 4) is 5.75 Å². The monoisotopic (exact) mass is 270 g/mol. The van der Waals surface area contributed by atoms with Crippen LogP contribution in [0.5, 0.6) is 5.75 Å². The number of carbonyl (C=O) groups excluding carboxylic acids is 1. The minimum atomic E-state index is -0.136. The van der Waals surface area contributed by atoms with E-state index in [0.717, 1.165) is 11.3 Å². The minimum absolute atomic E-state index is 0.136. The number of aryl methyl sites for hydroxylation is 1. The summed E-state index contributed by atoms with van der Waals surface area (Å²) in [7, 11) is 0. The Morgan fingerprint density at radius 1 is 1.25 bits per heavy atom. The van der Waals surface area contributed by atoms with Crippen molar-refractivity contribution in [3.63, 3.8) is 0 Å². The molecule has 2 aromatic rings. The summed E-state index contributed by atoms with van der Waals surface area (Å²) in [6, 6.07) is 9.42. The van der Waals surface area contributed by atoms with E-state index in [1.165, 1.54) is 5.56 Å². The molecule has 20 heavy (non-hydrogen) atoms. The van der Waals surface area contributed by atoms with Gasteiger partial charge in [-0.05, 0) is 43.2 Å². The van der Waals surface area contributed by atoms with Crippen molar-refractivity contribution in [3.05, 3.63) is 59.4 Å². The van der Waals surface area contributed by atoms with Crippen LogP contribution < -0.4 is 10.1 Å². The summed E-state index contributed by atoms with van der Waals surface area (Å²) in [5.74, 6) is 0.725. The Labute approximate surface area is 118 Å². The van der Waals surface area contributed by atoms with Gasteiger partial charge in [0.25, 0.3) is 5.91 Å². The van der Waals surface area contributed by atoms with E-state index in [9.17, 15) is 4.79 Å². The average molecular weight is 270 g/mol. The van der Waals surface area contributed by atoms with Crippen LogP contribution in [0.4, 0.5) is 0 Å². The van der Waals surface area contributed by atoms with E-state index in [1.54, 1.807) is 24.5 Å². The molecule has 0 aliphatic rings. The van der Waals surface area contributed by atoms with Crippen molar-refractivity contribution in [1.82, 2.24) is 10.3 Å². The number of nitrogens with one attached hydrogen (secondary N) is 1. The van der Waals surface area contributed by atoms with Crippen LogP contribution in [-0.4, -0.2) is 24.0 Å². The van der Waals surface area contributed by atoms with Gasteiger partial charge in [0.05, 0.1) is 12.1 Å². The zero-order chi connectivity index (χ0) is 14.4. The molecule has 0 saturated carbocycles. The predicted octanol–water partition coefficient (Wildman–Crippen LogP) is 2.51. The number of pyridine rings is 1. The fraction of sp³-hybridized carbons (Fsp3) is 0.250. The van der Waals surface area contributed by atoms with Gasteiger partial charge in [0.1, 0.15) is 12.4 Å². The second-order valence-corrected chi connectivity index (χ2v) is 4.54. The summed E-state index contributed by atoms with van der Waals surface area (Å²) in [5.41, 5.74) is 2.88. The largest absolute Gasteiger partial charge is 0.491 e. The van der Waals surface area contributed by atoms with Crippen LogP contribution in [0.25, 0.3) is 0 Å². The van der Waals surface area contributed by atoms with Crippen molar-refractivity contribution < 1.29 is 9.53 Å². The summed E-state index contributed by atoms with van der Waals surface area (Å²) in [4.78, 5) is 15.7. The Balaban J connectivity index is 1.80. The molecule has 2 rings (SSSR count). The van der Waals surface area contributed by atoms with Gasteiger partial charge in [0.15, 0.2) is 0 Å². The number of aromatic nitrogens is 1. The highest BCUT2D eigenvalue weighted by molar-refractivity contribution is 5.93. The molecule has 0 bridgehead atoms. The van der Waals surface area contributed by atoms with E-state index in [0.29, 0.717) is 18.7 Å². The lowest BCUT2D eigenvalue weighted by atomic mass is 10.1. The molecule has 1 aromatic carbocycles.